The van der Waals surface area contributed by atoms with Crippen LogP contribution in [-0.4, -0.2) is 92.0 Å². The minimum absolute atomic E-state index is 0.0332. The van der Waals surface area contributed by atoms with Gasteiger partial charge in [-0.05, 0) is 31.6 Å². The summed E-state index contributed by atoms with van der Waals surface area (Å²) in [6.07, 6.45) is 2.20. The molecule has 2 saturated heterocycles. The maximum Gasteiger partial charge on any atom is 0.408 e. The normalized spacial score (nSPS) is 19.8. The second kappa shape index (κ2) is 24.5. The fraction of sp³-hybridized carbons (Fsp3) is 0.829. The average molecular weight is 657 g/mol. The lowest BCUT2D eigenvalue weighted by molar-refractivity contribution is -0.143. The van der Waals surface area contributed by atoms with Crippen molar-refractivity contribution in [3.05, 3.63) is 12.2 Å². The third-order valence-corrected chi connectivity index (χ3v) is 7.18. The highest BCUT2D eigenvalue weighted by Crippen LogP contribution is 2.28. The van der Waals surface area contributed by atoms with E-state index >= 15 is 0 Å². The van der Waals surface area contributed by atoms with Crippen LogP contribution in [-0.2, 0) is 28.6 Å². The third-order valence-electron chi connectivity index (χ3n) is 7.18. The second-order valence-corrected chi connectivity index (χ2v) is 12.4. The van der Waals surface area contributed by atoms with E-state index in [9.17, 15) is 19.2 Å². The van der Waals surface area contributed by atoms with Crippen molar-refractivity contribution < 1.29 is 33.4 Å². The Morgan fingerprint density at radius 2 is 1.61 bits per heavy atom. The Hall–Kier alpha value is -2.66. The third kappa shape index (κ3) is 15.8. The number of likely N-dealkylation sites (tertiary alicyclic amines) is 1. The van der Waals surface area contributed by atoms with Crippen LogP contribution in [0.3, 0.4) is 0 Å². The van der Waals surface area contributed by atoms with Crippen molar-refractivity contribution in [2.24, 2.45) is 5.41 Å². The Labute approximate surface area is 280 Å². The molecule has 3 N–H and O–H groups in total. The zero-order chi connectivity index (χ0) is 36.0. The number of methoxy groups -OCH3 is 1. The van der Waals surface area contributed by atoms with Crippen LogP contribution in [0, 0.1) is 5.41 Å². The molecule has 270 valence electrons. The summed E-state index contributed by atoms with van der Waals surface area (Å²) < 4.78 is 16.2. The van der Waals surface area contributed by atoms with Crippen LogP contribution in [0.15, 0.2) is 12.2 Å². The minimum Gasteiger partial charge on any atom is -0.444 e. The number of ether oxygens (including phenoxy) is 3. The average Bonchev–Trinajstić information content (AvgIpc) is 3.67. The van der Waals surface area contributed by atoms with Crippen LogP contribution in [0.25, 0.3) is 0 Å². The highest BCUT2D eigenvalue weighted by molar-refractivity contribution is 5.93. The lowest BCUT2D eigenvalue weighted by atomic mass is 9.85. The highest BCUT2D eigenvalue weighted by Gasteiger charge is 2.44. The van der Waals surface area contributed by atoms with E-state index in [4.69, 9.17) is 14.2 Å². The topological polar surface area (TPSA) is 135 Å². The SMILES string of the molecule is C=C1CC(C(=O)N[C@@H](CCC)C(OC)C(=O)NC(C)CC)N(C(=O)C(NC(=O)O[C@H]2CCOC2)C(C)(C)C)C1.CC.CC.CCC. The Balaban J connectivity index is 0. The molecule has 4 amide bonds. The van der Waals surface area contributed by atoms with Gasteiger partial charge in [0.2, 0.25) is 11.8 Å². The molecule has 2 aliphatic heterocycles. The number of carbonyl (C=O) groups is 4. The number of nitrogens with zero attached hydrogens (tertiary/aromatic N) is 1. The molecule has 2 heterocycles. The van der Waals surface area contributed by atoms with Gasteiger partial charge in [-0.25, -0.2) is 4.79 Å². The summed E-state index contributed by atoms with van der Waals surface area (Å²) >= 11 is 0. The molecule has 4 unspecified atom stereocenters. The molecular weight excluding hydrogens is 588 g/mol. The zero-order valence-corrected chi connectivity index (χ0v) is 31.3. The molecule has 2 fully saturated rings. The van der Waals surface area contributed by atoms with E-state index in [0.717, 1.165) is 12.0 Å². The first kappa shape index (κ1) is 45.5. The Morgan fingerprint density at radius 1 is 1.02 bits per heavy atom. The number of carbonyl (C=O) groups excluding carboxylic acids is 4. The van der Waals surface area contributed by atoms with Crippen LogP contribution >= 0.6 is 0 Å². The molecule has 0 aromatic carbocycles. The van der Waals surface area contributed by atoms with Gasteiger partial charge in [-0.1, -0.05) is 101 Å². The van der Waals surface area contributed by atoms with Gasteiger partial charge in [-0.3, -0.25) is 14.4 Å². The number of hydrogen-bond acceptors (Lipinski definition) is 7. The summed E-state index contributed by atoms with van der Waals surface area (Å²) in [5.41, 5.74) is 0.0689. The molecule has 0 saturated carbocycles. The van der Waals surface area contributed by atoms with E-state index in [-0.39, 0.29) is 31.0 Å². The van der Waals surface area contributed by atoms with E-state index in [1.54, 1.807) is 0 Å². The van der Waals surface area contributed by atoms with Gasteiger partial charge in [0.05, 0.1) is 19.3 Å². The number of hydrogen-bond donors (Lipinski definition) is 3. The van der Waals surface area contributed by atoms with Crippen molar-refractivity contribution in [2.45, 2.75) is 158 Å². The van der Waals surface area contributed by atoms with E-state index in [2.05, 4.69) is 36.4 Å². The van der Waals surface area contributed by atoms with E-state index in [1.165, 1.54) is 18.4 Å². The summed E-state index contributed by atoms with van der Waals surface area (Å²) in [6.45, 7) is 28.7. The predicted molar refractivity (Wildman–Crippen MR) is 186 cm³/mol. The van der Waals surface area contributed by atoms with E-state index < -0.39 is 47.6 Å². The molecular formula is C35H68N4O7. The van der Waals surface area contributed by atoms with Crippen LogP contribution in [0.5, 0.6) is 0 Å². The number of amides is 4. The maximum atomic E-state index is 13.8. The van der Waals surface area contributed by atoms with Crippen molar-refractivity contribution >= 4 is 23.8 Å². The molecule has 0 aliphatic carbocycles. The lowest BCUT2D eigenvalue weighted by Crippen LogP contribution is -2.60. The monoisotopic (exact) mass is 657 g/mol. The zero-order valence-electron chi connectivity index (χ0n) is 31.3. The molecule has 0 bridgehead atoms. The van der Waals surface area contributed by atoms with Crippen molar-refractivity contribution in [1.82, 2.24) is 20.9 Å². The van der Waals surface area contributed by atoms with Crippen molar-refractivity contribution in [2.75, 3.05) is 26.9 Å². The molecule has 11 heteroatoms. The predicted octanol–water partition coefficient (Wildman–Crippen LogP) is 5.76. The molecule has 0 spiro atoms. The van der Waals surface area contributed by atoms with Gasteiger partial charge in [0.15, 0.2) is 6.10 Å². The van der Waals surface area contributed by atoms with Gasteiger partial charge in [-0.2, -0.15) is 0 Å². The Kier molecular flexibility index (Phi) is 24.2. The molecule has 6 atom stereocenters. The molecule has 0 aromatic heterocycles. The van der Waals surface area contributed by atoms with Crippen molar-refractivity contribution in [3.8, 4) is 0 Å². The van der Waals surface area contributed by atoms with Crippen LogP contribution < -0.4 is 16.0 Å². The summed E-state index contributed by atoms with van der Waals surface area (Å²) in [5, 5.41) is 8.61. The molecule has 0 radical (unpaired) electrons. The summed E-state index contributed by atoms with van der Waals surface area (Å²) in [5.74, 6) is -1.08. The van der Waals surface area contributed by atoms with E-state index in [0.29, 0.717) is 32.5 Å². The van der Waals surface area contributed by atoms with E-state index in [1.807, 2.05) is 69.2 Å². The molecule has 2 aliphatic rings. The van der Waals surface area contributed by atoms with Gasteiger partial charge >= 0.3 is 6.09 Å². The largest absolute Gasteiger partial charge is 0.444 e. The lowest BCUT2D eigenvalue weighted by Gasteiger charge is -2.35. The van der Waals surface area contributed by atoms with Gasteiger partial charge in [0, 0.05) is 26.1 Å². The first-order valence-corrected chi connectivity index (χ1v) is 17.4. The van der Waals surface area contributed by atoms with Gasteiger partial charge in [-0.15, -0.1) is 0 Å². The fourth-order valence-corrected chi connectivity index (χ4v) is 4.76. The Morgan fingerprint density at radius 3 is 2.07 bits per heavy atom. The molecule has 0 aromatic rings. The van der Waals surface area contributed by atoms with Crippen molar-refractivity contribution in [1.29, 1.82) is 0 Å². The summed E-state index contributed by atoms with van der Waals surface area (Å²) in [6, 6.07) is -2.38. The first-order valence-electron chi connectivity index (χ1n) is 17.4. The molecule has 46 heavy (non-hydrogen) atoms. The second-order valence-electron chi connectivity index (χ2n) is 12.4. The smallest absolute Gasteiger partial charge is 0.408 e. The van der Waals surface area contributed by atoms with Gasteiger partial charge < -0.3 is 35.1 Å². The van der Waals surface area contributed by atoms with Crippen molar-refractivity contribution in [3.63, 3.8) is 0 Å². The molecule has 11 nitrogen and oxygen atoms in total. The number of alkyl carbamates (subject to hydrolysis) is 1. The first-order chi connectivity index (χ1) is 21.7. The summed E-state index contributed by atoms with van der Waals surface area (Å²) in [4.78, 5) is 54.4. The van der Waals surface area contributed by atoms with Crippen LogP contribution in [0.4, 0.5) is 4.79 Å². The maximum absolute atomic E-state index is 13.8. The standard InChI is InChI=1S/C28H48N4O7.C3H8.2C2H6/c1-9-11-20(22(37-8)25(34)29-18(4)10-2)30-24(33)21-14-17(3)15-32(21)26(35)23(28(5,6)7)31-27(36)39-19-12-13-38-16-19;1-3-2;2*1-2/h18-23H,3,9-16H2,1-2,4-8H3,(H,29,34)(H,30,33)(H,31,36);3H2,1-2H3;2*1-2H3/t18?,19-,20-,21?,22?,23?;;;/m0.../s1. The number of nitrogens with one attached hydrogen (secondary N) is 3. The molecule has 2 rings (SSSR count). The van der Waals surface area contributed by atoms with Gasteiger partial charge in [0.1, 0.15) is 18.2 Å². The van der Waals surface area contributed by atoms with Crippen LogP contribution in [0.1, 0.15) is 122 Å². The Bertz CT molecular complexity index is 900. The van der Waals surface area contributed by atoms with Gasteiger partial charge in [0.25, 0.3) is 5.91 Å². The highest BCUT2D eigenvalue weighted by atomic mass is 16.6. The summed E-state index contributed by atoms with van der Waals surface area (Å²) in [7, 11) is 1.44. The number of rotatable bonds is 12. The minimum atomic E-state index is -0.937. The quantitative estimate of drug-likeness (QED) is 0.228. The van der Waals surface area contributed by atoms with Crippen LogP contribution in [0.2, 0.25) is 0 Å². The fourth-order valence-electron chi connectivity index (χ4n) is 4.76.